The third-order valence-corrected chi connectivity index (χ3v) is 3.90. The molecule has 20 heavy (non-hydrogen) atoms. The highest BCUT2D eigenvalue weighted by molar-refractivity contribution is 5.69. The van der Waals surface area contributed by atoms with Gasteiger partial charge < -0.3 is 15.0 Å². The Hall–Kier alpha value is -0.650. The lowest BCUT2D eigenvalue weighted by Crippen LogP contribution is -2.53. The van der Waals surface area contributed by atoms with Gasteiger partial charge in [0.05, 0.1) is 6.61 Å². The molecule has 1 aliphatic heterocycles. The van der Waals surface area contributed by atoms with Gasteiger partial charge in [-0.3, -0.25) is 9.69 Å². The number of nitrogens with one attached hydrogen (secondary N) is 1. The molecule has 118 valence electrons. The SMILES string of the molecule is CCOC(=O)CCCCCNCC1CN(C)CCN1C. The number of likely N-dealkylation sites (N-methyl/N-ethyl adjacent to an activating group) is 2. The lowest BCUT2D eigenvalue weighted by Gasteiger charge is -2.37. The maximum absolute atomic E-state index is 11.2. The van der Waals surface area contributed by atoms with E-state index in [0.29, 0.717) is 19.1 Å². The van der Waals surface area contributed by atoms with E-state index in [1.807, 2.05) is 6.92 Å². The quantitative estimate of drug-likeness (QED) is 0.505. The molecule has 0 aliphatic carbocycles. The molecule has 1 N–H and O–H groups in total. The highest BCUT2D eigenvalue weighted by atomic mass is 16.5. The zero-order chi connectivity index (χ0) is 14.8. The zero-order valence-electron chi connectivity index (χ0n) is 13.4. The summed E-state index contributed by atoms with van der Waals surface area (Å²) in [5, 5.41) is 3.53. The second-order valence-electron chi connectivity index (χ2n) is 5.72. The van der Waals surface area contributed by atoms with Crippen molar-refractivity contribution in [3.05, 3.63) is 0 Å². The maximum Gasteiger partial charge on any atom is 0.305 e. The molecule has 5 heteroatoms. The summed E-state index contributed by atoms with van der Waals surface area (Å²) in [6, 6.07) is 0.619. The molecular weight excluding hydrogens is 254 g/mol. The Balaban J connectivity index is 1.95. The van der Waals surface area contributed by atoms with Gasteiger partial charge in [0.1, 0.15) is 0 Å². The molecule has 0 aromatic heterocycles. The van der Waals surface area contributed by atoms with Crippen molar-refractivity contribution < 1.29 is 9.53 Å². The van der Waals surface area contributed by atoms with Gasteiger partial charge >= 0.3 is 5.97 Å². The van der Waals surface area contributed by atoms with E-state index in [9.17, 15) is 4.79 Å². The molecule has 0 aromatic carbocycles. The summed E-state index contributed by atoms with van der Waals surface area (Å²) in [7, 11) is 4.40. The molecule has 0 aromatic rings. The molecule has 0 amide bonds. The van der Waals surface area contributed by atoms with Gasteiger partial charge in [-0.1, -0.05) is 6.42 Å². The Morgan fingerprint density at radius 3 is 2.80 bits per heavy atom. The first-order chi connectivity index (χ1) is 9.63. The van der Waals surface area contributed by atoms with E-state index in [-0.39, 0.29) is 5.97 Å². The summed E-state index contributed by atoms with van der Waals surface area (Å²) in [6.45, 7) is 7.90. The number of hydrogen-bond acceptors (Lipinski definition) is 5. The molecule has 1 unspecified atom stereocenters. The molecule has 1 aliphatic rings. The number of esters is 1. The minimum absolute atomic E-state index is 0.0627. The van der Waals surface area contributed by atoms with Gasteiger partial charge in [0.2, 0.25) is 0 Å². The molecule has 1 fully saturated rings. The maximum atomic E-state index is 11.2. The molecule has 0 bridgehead atoms. The van der Waals surface area contributed by atoms with Crippen LogP contribution in [0.2, 0.25) is 0 Å². The summed E-state index contributed by atoms with van der Waals surface area (Å²) < 4.78 is 4.91. The average Bonchev–Trinajstić information content (AvgIpc) is 2.41. The summed E-state index contributed by atoms with van der Waals surface area (Å²) in [6.07, 6.45) is 3.72. The summed E-state index contributed by atoms with van der Waals surface area (Å²) in [5.41, 5.74) is 0. The van der Waals surface area contributed by atoms with Crippen LogP contribution in [-0.4, -0.2) is 75.2 Å². The second kappa shape index (κ2) is 10.1. The fourth-order valence-corrected chi connectivity index (χ4v) is 2.52. The number of piperazine rings is 1. The van der Waals surface area contributed by atoms with Gasteiger partial charge in [0.15, 0.2) is 0 Å². The number of ether oxygens (including phenoxy) is 1. The minimum atomic E-state index is -0.0627. The molecule has 1 heterocycles. The molecule has 1 atom stereocenters. The number of nitrogens with zero attached hydrogens (tertiary/aromatic N) is 2. The Labute approximate surface area is 123 Å². The normalized spacial score (nSPS) is 21.1. The smallest absolute Gasteiger partial charge is 0.305 e. The Bertz CT molecular complexity index is 274. The lowest BCUT2D eigenvalue weighted by molar-refractivity contribution is -0.143. The lowest BCUT2D eigenvalue weighted by atomic mass is 10.1. The minimum Gasteiger partial charge on any atom is -0.466 e. The van der Waals surface area contributed by atoms with Gasteiger partial charge in [-0.15, -0.1) is 0 Å². The van der Waals surface area contributed by atoms with Crippen molar-refractivity contribution in [1.82, 2.24) is 15.1 Å². The van der Waals surface area contributed by atoms with Crippen molar-refractivity contribution in [2.75, 3.05) is 53.4 Å². The van der Waals surface area contributed by atoms with Crippen molar-refractivity contribution in [3.63, 3.8) is 0 Å². The number of carbonyl (C=O) groups is 1. The predicted molar refractivity (Wildman–Crippen MR) is 81.9 cm³/mol. The van der Waals surface area contributed by atoms with E-state index in [0.717, 1.165) is 45.4 Å². The zero-order valence-corrected chi connectivity index (χ0v) is 13.4. The van der Waals surface area contributed by atoms with E-state index in [2.05, 4.69) is 29.2 Å². The van der Waals surface area contributed by atoms with Crippen LogP contribution in [0, 0.1) is 0 Å². The van der Waals surface area contributed by atoms with Gasteiger partial charge in [-0.2, -0.15) is 0 Å². The summed E-state index contributed by atoms with van der Waals surface area (Å²) in [4.78, 5) is 16.0. The third kappa shape index (κ3) is 7.22. The van der Waals surface area contributed by atoms with E-state index in [1.54, 1.807) is 0 Å². The van der Waals surface area contributed by atoms with Crippen molar-refractivity contribution in [2.24, 2.45) is 0 Å². The summed E-state index contributed by atoms with van der Waals surface area (Å²) in [5.74, 6) is -0.0627. The average molecular weight is 285 g/mol. The van der Waals surface area contributed by atoms with Crippen LogP contribution >= 0.6 is 0 Å². The van der Waals surface area contributed by atoms with Gasteiger partial charge in [-0.25, -0.2) is 0 Å². The van der Waals surface area contributed by atoms with Crippen LogP contribution in [0.25, 0.3) is 0 Å². The first kappa shape index (κ1) is 17.4. The van der Waals surface area contributed by atoms with Crippen molar-refractivity contribution >= 4 is 5.97 Å². The first-order valence-electron chi connectivity index (χ1n) is 7.88. The summed E-state index contributed by atoms with van der Waals surface area (Å²) >= 11 is 0. The van der Waals surface area contributed by atoms with Crippen LogP contribution in [0.5, 0.6) is 0 Å². The van der Waals surface area contributed by atoms with E-state index in [1.165, 1.54) is 6.54 Å². The van der Waals surface area contributed by atoms with Crippen molar-refractivity contribution in [2.45, 2.75) is 38.6 Å². The Morgan fingerprint density at radius 2 is 2.05 bits per heavy atom. The number of rotatable bonds is 9. The highest BCUT2D eigenvalue weighted by Gasteiger charge is 2.21. The van der Waals surface area contributed by atoms with E-state index >= 15 is 0 Å². The Kier molecular flexibility index (Phi) is 8.82. The number of carbonyl (C=O) groups excluding carboxylic acids is 1. The fourth-order valence-electron chi connectivity index (χ4n) is 2.52. The van der Waals surface area contributed by atoms with Crippen molar-refractivity contribution in [3.8, 4) is 0 Å². The van der Waals surface area contributed by atoms with E-state index in [4.69, 9.17) is 4.74 Å². The molecule has 1 saturated heterocycles. The standard InChI is InChI=1S/C15H31N3O2/c1-4-20-15(19)8-6-5-7-9-16-12-14-13-17(2)10-11-18(14)3/h14,16H,4-13H2,1-3H3. The number of unbranched alkanes of at least 4 members (excludes halogenated alkanes) is 2. The van der Waals surface area contributed by atoms with Gasteiger partial charge in [0.25, 0.3) is 0 Å². The van der Waals surface area contributed by atoms with Crippen LogP contribution < -0.4 is 5.32 Å². The van der Waals surface area contributed by atoms with E-state index < -0.39 is 0 Å². The molecule has 0 saturated carbocycles. The van der Waals surface area contributed by atoms with Crippen LogP contribution in [0.3, 0.4) is 0 Å². The van der Waals surface area contributed by atoms with Gasteiger partial charge in [-0.05, 0) is 40.4 Å². The van der Waals surface area contributed by atoms with Crippen LogP contribution in [-0.2, 0) is 9.53 Å². The monoisotopic (exact) mass is 285 g/mol. The topological polar surface area (TPSA) is 44.8 Å². The van der Waals surface area contributed by atoms with Gasteiger partial charge in [0, 0.05) is 38.6 Å². The van der Waals surface area contributed by atoms with Crippen LogP contribution in [0.1, 0.15) is 32.6 Å². The largest absolute Gasteiger partial charge is 0.466 e. The third-order valence-electron chi connectivity index (χ3n) is 3.90. The molecule has 1 rings (SSSR count). The number of hydrogen-bond donors (Lipinski definition) is 1. The Morgan fingerprint density at radius 1 is 1.25 bits per heavy atom. The molecule has 5 nitrogen and oxygen atoms in total. The second-order valence-corrected chi connectivity index (χ2v) is 5.72. The molecule has 0 radical (unpaired) electrons. The predicted octanol–water partition coefficient (Wildman–Crippen LogP) is 0.945. The van der Waals surface area contributed by atoms with Crippen molar-refractivity contribution in [1.29, 1.82) is 0 Å². The molecular formula is C15H31N3O2. The van der Waals surface area contributed by atoms with Crippen LogP contribution in [0.15, 0.2) is 0 Å². The fraction of sp³-hybridized carbons (Fsp3) is 0.933. The first-order valence-corrected chi connectivity index (χ1v) is 7.88. The molecule has 0 spiro atoms. The highest BCUT2D eigenvalue weighted by Crippen LogP contribution is 2.05. The van der Waals surface area contributed by atoms with Crippen LogP contribution in [0.4, 0.5) is 0 Å².